The Morgan fingerprint density at radius 3 is 2.50 bits per heavy atom. The van der Waals surface area contributed by atoms with Gasteiger partial charge in [0.25, 0.3) is 5.91 Å². The second-order valence-corrected chi connectivity index (χ2v) is 8.92. The molecule has 5 rings (SSSR count). The molecule has 0 saturated carbocycles. The number of H-pyrrole nitrogens is 1. The van der Waals surface area contributed by atoms with Gasteiger partial charge in [-0.25, -0.2) is 0 Å². The van der Waals surface area contributed by atoms with Gasteiger partial charge in [-0.15, -0.1) is 13.2 Å². The Bertz CT molecular complexity index is 1410. The van der Waals surface area contributed by atoms with Gasteiger partial charge in [0, 0.05) is 48.8 Å². The molecule has 4 aromatic rings. The molecule has 0 bridgehead atoms. The Labute approximate surface area is 216 Å². The van der Waals surface area contributed by atoms with E-state index in [4.69, 9.17) is 4.74 Å². The van der Waals surface area contributed by atoms with Gasteiger partial charge in [0.2, 0.25) is 0 Å². The van der Waals surface area contributed by atoms with Crippen molar-refractivity contribution in [3.63, 3.8) is 0 Å². The number of fused-ring (bicyclic) bond motifs is 1. The van der Waals surface area contributed by atoms with E-state index in [9.17, 15) is 23.1 Å². The molecular formula is C27H25F3N4O4. The van der Waals surface area contributed by atoms with Crippen molar-refractivity contribution in [3.8, 4) is 22.9 Å². The van der Waals surface area contributed by atoms with Gasteiger partial charge in [-0.05, 0) is 47.5 Å². The average Bonchev–Trinajstić information content (AvgIpc) is 3.23. The minimum absolute atomic E-state index is 0.0489. The predicted octanol–water partition coefficient (Wildman–Crippen LogP) is 4.60. The molecule has 198 valence electrons. The van der Waals surface area contributed by atoms with Crippen LogP contribution >= 0.6 is 0 Å². The van der Waals surface area contributed by atoms with Gasteiger partial charge in [-0.1, -0.05) is 18.2 Å². The Kier molecular flexibility index (Phi) is 7.21. The third-order valence-electron chi connectivity index (χ3n) is 6.24. The van der Waals surface area contributed by atoms with Crippen LogP contribution in [0.25, 0.3) is 22.2 Å². The van der Waals surface area contributed by atoms with Crippen molar-refractivity contribution in [2.24, 2.45) is 0 Å². The van der Waals surface area contributed by atoms with Crippen LogP contribution in [-0.2, 0) is 17.8 Å². The first-order chi connectivity index (χ1) is 18.2. The van der Waals surface area contributed by atoms with Crippen LogP contribution in [0, 0.1) is 0 Å². The van der Waals surface area contributed by atoms with Crippen LogP contribution in [0.2, 0.25) is 0 Å². The number of carbonyl (C=O) groups excluding carboxylic acids is 1. The van der Waals surface area contributed by atoms with Gasteiger partial charge < -0.3 is 24.9 Å². The van der Waals surface area contributed by atoms with Crippen LogP contribution in [0.15, 0.2) is 60.8 Å². The molecule has 1 fully saturated rings. The van der Waals surface area contributed by atoms with Crippen LogP contribution in [0.5, 0.6) is 11.6 Å². The van der Waals surface area contributed by atoms with Crippen molar-refractivity contribution in [1.29, 1.82) is 0 Å². The molecule has 0 radical (unpaired) electrons. The number of pyridine rings is 1. The molecule has 0 aliphatic carbocycles. The molecule has 1 aliphatic rings. The lowest BCUT2D eigenvalue weighted by atomic mass is 10.1. The predicted molar refractivity (Wildman–Crippen MR) is 134 cm³/mol. The third-order valence-corrected chi connectivity index (χ3v) is 6.24. The number of ether oxygens (including phenoxy) is 2. The third kappa shape index (κ3) is 6.06. The molecule has 3 N–H and O–H groups in total. The number of amides is 1. The van der Waals surface area contributed by atoms with Crippen LogP contribution in [0.1, 0.15) is 21.5 Å². The van der Waals surface area contributed by atoms with Crippen molar-refractivity contribution in [2.45, 2.75) is 19.5 Å². The zero-order valence-corrected chi connectivity index (χ0v) is 20.2. The average molecular weight is 527 g/mol. The number of carbonyl (C=O) groups is 1. The number of rotatable bonds is 7. The molecule has 1 amide bonds. The fraction of sp³-hybridized carbons (Fsp3) is 0.259. The minimum atomic E-state index is -4.76. The van der Waals surface area contributed by atoms with Crippen LogP contribution in [-0.4, -0.2) is 58.5 Å². The van der Waals surface area contributed by atoms with Gasteiger partial charge >= 0.3 is 6.36 Å². The van der Waals surface area contributed by atoms with Crippen LogP contribution in [0.4, 0.5) is 13.2 Å². The van der Waals surface area contributed by atoms with Crippen molar-refractivity contribution in [1.82, 2.24) is 20.2 Å². The fourth-order valence-corrected chi connectivity index (χ4v) is 4.35. The first-order valence-corrected chi connectivity index (χ1v) is 12.0. The molecular weight excluding hydrogens is 501 g/mol. The quantitative estimate of drug-likeness (QED) is 0.326. The maximum absolute atomic E-state index is 12.8. The zero-order valence-electron chi connectivity index (χ0n) is 20.2. The summed E-state index contributed by atoms with van der Waals surface area (Å²) in [6.07, 6.45) is -2.98. The lowest BCUT2D eigenvalue weighted by molar-refractivity contribution is -0.274. The van der Waals surface area contributed by atoms with Gasteiger partial charge in [0.05, 0.1) is 24.5 Å². The van der Waals surface area contributed by atoms with E-state index in [1.54, 1.807) is 24.4 Å². The number of halogens is 3. The number of alkyl halides is 3. The van der Waals surface area contributed by atoms with E-state index in [1.165, 1.54) is 24.3 Å². The number of nitrogens with zero attached hydrogens (tertiary/aromatic N) is 2. The summed E-state index contributed by atoms with van der Waals surface area (Å²) in [5.74, 6) is -0.754. The Balaban J connectivity index is 1.29. The van der Waals surface area contributed by atoms with E-state index in [0.717, 1.165) is 25.2 Å². The molecule has 0 spiro atoms. The topological polar surface area (TPSA) is 99.7 Å². The van der Waals surface area contributed by atoms with Crippen molar-refractivity contribution in [3.05, 3.63) is 77.5 Å². The summed E-state index contributed by atoms with van der Waals surface area (Å²) in [7, 11) is 0. The van der Waals surface area contributed by atoms with Crippen molar-refractivity contribution < 1.29 is 32.5 Å². The van der Waals surface area contributed by atoms with E-state index in [1.807, 2.05) is 12.1 Å². The van der Waals surface area contributed by atoms with E-state index in [0.29, 0.717) is 46.5 Å². The summed E-state index contributed by atoms with van der Waals surface area (Å²) in [6.45, 7) is 4.04. The molecule has 38 heavy (non-hydrogen) atoms. The first-order valence-electron chi connectivity index (χ1n) is 12.0. The molecule has 0 atom stereocenters. The van der Waals surface area contributed by atoms with Crippen LogP contribution < -0.4 is 10.1 Å². The van der Waals surface area contributed by atoms with Gasteiger partial charge in [-0.2, -0.15) is 0 Å². The molecule has 2 aromatic heterocycles. The molecule has 11 heteroatoms. The zero-order chi connectivity index (χ0) is 26.7. The Morgan fingerprint density at radius 2 is 1.82 bits per heavy atom. The summed E-state index contributed by atoms with van der Waals surface area (Å²) in [6, 6.07) is 14.1. The number of morpholine rings is 1. The number of hydrogen-bond acceptors (Lipinski definition) is 6. The second kappa shape index (κ2) is 10.7. The standard InChI is InChI=1S/C27H25F3N4O4/c28-27(29,30)38-20-5-1-17(2-6-20)14-32-25(35)19-4-8-22-21(13-19)24(26(36)33-22)23-7-3-18(15-31-23)16-34-9-11-37-12-10-34/h1-8,13,15,33,36H,9-12,14,16H2,(H,32,35). The maximum Gasteiger partial charge on any atom is 0.573 e. The highest BCUT2D eigenvalue weighted by atomic mass is 19.4. The summed E-state index contributed by atoms with van der Waals surface area (Å²) >= 11 is 0. The van der Waals surface area contributed by atoms with E-state index < -0.39 is 6.36 Å². The monoisotopic (exact) mass is 526 g/mol. The SMILES string of the molecule is O=C(NCc1ccc(OC(F)(F)F)cc1)c1ccc2[nH]c(O)c(-c3ccc(CN4CCOCC4)cn3)c2c1. The summed E-state index contributed by atoms with van der Waals surface area (Å²) < 4.78 is 46.2. The number of benzene rings is 2. The molecule has 3 heterocycles. The number of hydrogen-bond donors (Lipinski definition) is 3. The highest BCUT2D eigenvalue weighted by Crippen LogP contribution is 2.36. The first kappa shape index (κ1) is 25.6. The van der Waals surface area contributed by atoms with E-state index >= 15 is 0 Å². The van der Waals surface area contributed by atoms with Gasteiger partial charge in [-0.3, -0.25) is 14.7 Å². The minimum Gasteiger partial charge on any atom is -0.494 e. The van der Waals surface area contributed by atoms with E-state index in [-0.39, 0.29) is 24.1 Å². The largest absolute Gasteiger partial charge is 0.573 e. The molecule has 8 nitrogen and oxygen atoms in total. The highest BCUT2D eigenvalue weighted by molar-refractivity contribution is 6.03. The normalized spacial score (nSPS) is 14.5. The maximum atomic E-state index is 12.8. The smallest absolute Gasteiger partial charge is 0.494 e. The summed E-state index contributed by atoms with van der Waals surface area (Å²) in [5.41, 5.74) is 3.72. The lowest BCUT2D eigenvalue weighted by Crippen LogP contribution is -2.35. The van der Waals surface area contributed by atoms with Crippen LogP contribution in [0.3, 0.4) is 0 Å². The summed E-state index contributed by atoms with van der Waals surface area (Å²) in [5, 5.41) is 14.0. The fourth-order valence-electron chi connectivity index (χ4n) is 4.35. The molecule has 1 saturated heterocycles. The molecule has 2 aromatic carbocycles. The molecule has 1 aliphatic heterocycles. The van der Waals surface area contributed by atoms with Gasteiger partial charge in [0.15, 0.2) is 5.88 Å². The number of aromatic hydroxyl groups is 1. The number of nitrogens with one attached hydrogen (secondary N) is 2. The molecule has 0 unspecified atom stereocenters. The lowest BCUT2D eigenvalue weighted by Gasteiger charge is -2.26. The van der Waals surface area contributed by atoms with Crippen molar-refractivity contribution in [2.75, 3.05) is 26.3 Å². The number of aromatic amines is 1. The Morgan fingerprint density at radius 1 is 1.08 bits per heavy atom. The highest BCUT2D eigenvalue weighted by Gasteiger charge is 2.31. The van der Waals surface area contributed by atoms with E-state index in [2.05, 4.69) is 24.9 Å². The number of aromatic nitrogens is 2. The summed E-state index contributed by atoms with van der Waals surface area (Å²) in [4.78, 5) is 22.6. The van der Waals surface area contributed by atoms with Crippen molar-refractivity contribution >= 4 is 16.8 Å². The van der Waals surface area contributed by atoms with Gasteiger partial charge in [0.1, 0.15) is 5.75 Å². The second-order valence-electron chi connectivity index (χ2n) is 8.92. The Hall–Kier alpha value is -4.09.